The van der Waals surface area contributed by atoms with E-state index < -0.39 is 12.0 Å². The molecule has 0 amide bonds. The van der Waals surface area contributed by atoms with Crippen molar-refractivity contribution in [2.45, 2.75) is 46.1 Å². The van der Waals surface area contributed by atoms with Crippen LogP contribution in [-0.4, -0.2) is 35.2 Å². The van der Waals surface area contributed by atoms with Gasteiger partial charge in [-0.3, -0.25) is 4.79 Å². The number of allylic oxidation sites excluding steroid dienone is 1. The largest absolute Gasteiger partial charge is 0.480 e. The van der Waals surface area contributed by atoms with Gasteiger partial charge in [0.25, 0.3) is 0 Å². The van der Waals surface area contributed by atoms with Crippen molar-refractivity contribution < 1.29 is 9.90 Å². The van der Waals surface area contributed by atoms with Crippen LogP contribution in [0.3, 0.4) is 0 Å². The Morgan fingerprint density at radius 2 is 2.12 bits per heavy atom. The fourth-order valence-electron chi connectivity index (χ4n) is 1.28. The minimum absolute atomic E-state index is 0.414. The third-order valence-electron chi connectivity index (χ3n) is 2.36. The van der Waals surface area contributed by atoms with Crippen LogP contribution in [0.1, 0.15) is 40.0 Å². The molecule has 0 radical (unpaired) electrons. The van der Waals surface area contributed by atoms with Gasteiger partial charge < -0.3 is 10.4 Å². The zero-order chi connectivity index (χ0) is 13.1. The van der Waals surface area contributed by atoms with E-state index in [0.29, 0.717) is 5.75 Å². The van der Waals surface area contributed by atoms with Crippen LogP contribution in [0.5, 0.6) is 0 Å². The van der Waals surface area contributed by atoms with Gasteiger partial charge in [-0.25, -0.2) is 0 Å². The molecular formula is C13H25NO2S. The Hall–Kier alpha value is -0.480. The van der Waals surface area contributed by atoms with E-state index in [9.17, 15) is 4.79 Å². The maximum atomic E-state index is 11.0. The molecule has 100 valence electrons. The standard InChI is InChI=1S/C13H25NO2S/c1-4-5-6-8-14-12(13(15)16)10-17-9-7-11(2)3/h7,12,14H,4-6,8-10H2,1-3H3,(H,15,16)/t12-/m0/s1. The minimum atomic E-state index is -0.744. The van der Waals surface area contributed by atoms with E-state index in [2.05, 4.69) is 32.2 Å². The van der Waals surface area contributed by atoms with Crippen molar-refractivity contribution in [3.63, 3.8) is 0 Å². The fraction of sp³-hybridized carbons (Fsp3) is 0.769. The summed E-state index contributed by atoms with van der Waals surface area (Å²) < 4.78 is 0. The Labute approximate surface area is 109 Å². The summed E-state index contributed by atoms with van der Waals surface area (Å²) in [4.78, 5) is 11.0. The predicted octanol–water partition coefficient (Wildman–Crippen LogP) is 2.92. The first-order chi connectivity index (χ1) is 8.07. The SMILES string of the molecule is CCCCCN[C@@H](CSCC=C(C)C)C(=O)O. The lowest BCUT2D eigenvalue weighted by Gasteiger charge is -2.13. The molecule has 0 fully saturated rings. The summed E-state index contributed by atoms with van der Waals surface area (Å²) in [5.74, 6) is 0.778. The highest BCUT2D eigenvalue weighted by atomic mass is 32.2. The van der Waals surface area contributed by atoms with Crippen molar-refractivity contribution in [2.75, 3.05) is 18.1 Å². The molecule has 0 unspecified atom stereocenters. The molecule has 0 aromatic carbocycles. The second-order valence-electron chi connectivity index (χ2n) is 4.37. The van der Waals surface area contributed by atoms with Crippen LogP contribution in [0.25, 0.3) is 0 Å². The highest BCUT2D eigenvalue weighted by molar-refractivity contribution is 7.99. The molecule has 2 N–H and O–H groups in total. The van der Waals surface area contributed by atoms with E-state index in [1.165, 1.54) is 5.57 Å². The second kappa shape index (κ2) is 10.7. The molecular weight excluding hydrogens is 234 g/mol. The quantitative estimate of drug-likeness (QED) is 0.468. The number of hydrogen-bond acceptors (Lipinski definition) is 3. The fourth-order valence-corrected chi connectivity index (χ4v) is 2.36. The first-order valence-electron chi connectivity index (χ1n) is 6.25. The molecule has 0 saturated carbocycles. The number of aliphatic carboxylic acids is 1. The molecule has 0 bridgehead atoms. The molecule has 0 aromatic heterocycles. The third kappa shape index (κ3) is 10.4. The van der Waals surface area contributed by atoms with Crippen molar-refractivity contribution in [3.05, 3.63) is 11.6 Å². The molecule has 0 aromatic rings. The molecule has 0 rings (SSSR count). The maximum Gasteiger partial charge on any atom is 0.321 e. The number of nitrogens with one attached hydrogen (secondary N) is 1. The molecule has 17 heavy (non-hydrogen) atoms. The molecule has 0 aliphatic carbocycles. The number of thioether (sulfide) groups is 1. The van der Waals surface area contributed by atoms with Gasteiger partial charge in [0, 0.05) is 11.5 Å². The van der Waals surface area contributed by atoms with E-state index in [1.54, 1.807) is 11.8 Å². The number of carbonyl (C=O) groups is 1. The summed E-state index contributed by atoms with van der Waals surface area (Å²) in [5.41, 5.74) is 1.28. The summed E-state index contributed by atoms with van der Waals surface area (Å²) in [6.07, 6.45) is 5.50. The van der Waals surface area contributed by atoms with Crippen LogP contribution in [0.4, 0.5) is 0 Å². The highest BCUT2D eigenvalue weighted by Crippen LogP contribution is 2.06. The van der Waals surface area contributed by atoms with Gasteiger partial charge in [0.05, 0.1) is 0 Å². The number of carboxylic acid groups (broad SMARTS) is 1. The summed E-state index contributed by atoms with van der Waals surface area (Å²) in [7, 11) is 0. The molecule has 0 heterocycles. The van der Waals surface area contributed by atoms with Crippen molar-refractivity contribution in [1.82, 2.24) is 5.32 Å². The third-order valence-corrected chi connectivity index (χ3v) is 3.33. The Kier molecular flexibility index (Phi) is 10.4. The Morgan fingerprint density at radius 1 is 1.41 bits per heavy atom. The van der Waals surface area contributed by atoms with Gasteiger partial charge in [-0.2, -0.15) is 11.8 Å². The normalized spacial score (nSPS) is 12.2. The van der Waals surface area contributed by atoms with Gasteiger partial charge in [0.1, 0.15) is 6.04 Å². The summed E-state index contributed by atoms with van der Waals surface area (Å²) in [6.45, 7) is 7.05. The van der Waals surface area contributed by atoms with Gasteiger partial charge in [0.15, 0.2) is 0 Å². The molecule has 4 heteroatoms. The summed E-state index contributed by atoms with van der Waals surface area (Å²) in [5, 5.41) is 12.1. The van der Waals surface area contributed by atoms with Crippen molar-refractivity contribution in [2.24, 2.45) is 0 Å². The van der Waals surface area contributed by atoms with Crippen LogP contribution in [0, 0.1) is 0 Å². The summed E-state index contributed by atoms with van der Waals surface area (Å²) >= 11 is 1.66. The van der Waals surface area contributed by atoms with Crippen molar-refractivity contribution >= 4 is 17.7 Å². The van der Waals surface area contributed by atoms with E-state index in [0.717, 1.165) is 31.6 Å². The molecule has 0 spiro atoms. The zero-order valence-electron chi connectivity index (χ0n) is 11.2. The second-order valence-corrected chi connectivity index (χ2v) is 5.45. The molecule has 3 nitrogen and oxygen atoms in total. The topological polar surface area (TPSA) is 49.3 Å². The van der Waals surface area contributed by atoms with Crippen LogP contribution < -0.4 is 5.32 Å². The first-order valence-corrected chi connectivity index (χ1v) is 7.40. The number of unbranched alkanes of at least 4 members (excludes halogenated alkanes) is 2. The van der Waals surface area contributed by atoms with Crippen LogP contribution in [0.15, 0.2) is 11.6 Å². The van der Waals surface area contributed by atoms with Gasteiger partial charge in [-0.15, -0.1) is 0 Å². The van der Waals surface area contributed by atoms with Crippen molar-refractivity contribution in [3.8, 4) is 0 Å². The maximum absolute atomic E-state index is 11.0. The van der Waals surface area contributed by atoms with E-state index in [-0.39, 0.29) is 0 Å². The minimum Gasteiger partial charge on any atom is -0.480 e. The van der Waals surface area contributed by atoms with E-state index in [1.807, 2.05) is 0 Å². The summed E-state index contributed by atoms with van der Waals surface area (Å²) in [6, 6.07) is -0.414. The van der Waals surface area contributed by atoms with Crippen LogP contribution in [0.2, 0.25) is 0 Å². The van der Waals surface area contributed by atoms with Crippen LogP contribution >= 0.6 is 11.8 Å². The average Bonchev–Trinajstić information content (AvgIpc) is 2.26. The number of hydrogen-bond donors (Lipinski definition) is 2. The van der Waals surface area contributed by atoms with E-state index in [4.69, 9.17) is 5.11 Å². The van der Waals surface area contributed by atoms with Crippen molar-refractivity contribution in [1.29, 1.82) is 0 Å². The van der Waals surface area contributed by atoms with Gasteiger partial charge >= 0.3 is 5.97 Å². The lowest BCUT2D eigenvalue weighted by atomic mass is 10.2. The van der Waals surface area contributed by atoms with Gasteiger partial charge in [-0.05, 0) is 26.8 Å². The first kappa shape index (κ1) is 16.5. The van der Waals surface area contributed by atoms with Gasteiger partial charge in [0.2, 0.25) is 0 Å². The molecule has 0 saturated heterocycles. The van der Waals surface area contributed by atoms with Gasteiger partial charge in [-0.1, -0.05) is 31.4 Å². The Balaban J connectivity index is 3.75. The lowest BCUT2D eigenvalue weighted by Crippen LogP contribution is -2.39. The molecule has 0 aliphatic rings. The smallest absolute Gasteiger partial charge is 0.321 e. The molecule has 1 atom stereocenters. The predicted molar refractivity (Wildman–Crippen MR) is 75.7 cm³/mol. The Morgan fingerprint density at radius 3 is 2.65 bits per heavy atom. The monoisotopic (exact) mass is 259 g/mol. The molecule has 0 aliphatic heterocycles. The highest BCUT2D eigenvalue weighted by Gasteiger charge is 2.15. The number of rotatable bonds is 10. The Bertz CT molecular complexity index is 238. The van der Waals surface area contributed by atoms with Crippen LogP contribution in [-0.2, 0) is 4.79 Å². The average molecular weight is 259 g/mol. The lowest BCUT2D eigenvalue weighted by molar-refractivity contribution is -0.138. The zero-order valence-corrected chi connectivity index (χ0v) is 12.0. The van der Waals surface area contributed by atoms with E-state index >= 15 is 0 Å². The number of carboxylic acids is 1.